The van der Waals surface area contributed by atoms with E-state index < -0.39 is 0 Å². The minimum Gasteiger partial charge on any atom is -0.293 e. The van der Waals surface area contributed by atoms with Crippen LogP contribution in [0.1, 0.15) is 5.69 Å². The molecule has 0 saturated heterocycles. The number of nitrogens with zero attached hydrogens (tertiary/aromatic N) is 3. The van der Waals surface area contributed by atoms with Crippen LogP contribution in [0.25, 0.3) is 16.9 Å². The van der Waals surface area contributed by atoms with Crippen LogP contribution in [0.3, 0.4) is 0 Å². The Morgan fingerprint density at radius 3 is 2.50 bits per heavy atom. The molecule has 0 amide bonds. The van der Waals surface area contributed by atoms with Crippen LogP contribution in [0.5, 0.6) is 0 Å². The van der Waals surface area contributed by atoms with Crippen LogP contribution in [0.2, 0.25) is 5.15 Å². The van der Waals surface area contributed by atoms with Crippen LogP contribution >= 0.6 is 11.6 Å². The summed E-state index contributed by atoms with van der Waals surface area (Å²) in [6.07, 6.45) is 0. The maximum Gasteiger partial charge on any atom is 0.280 e. The number of halogens is 1. The van der Waals surface area contributed by atoms with E-state index in [0.29, 0.717) is 11.4 Å². The molecule has 20 heavy (non-hydrogen) atoms. The second-order valence-corrected chi connectivity index (χ2v) is 4.72. The summed E-state index contributed by atoms with van der Waals surface area (Å²) >= 11 is 5.70. The molecular formula is C14H11ClN4O. The molecule has 1 N–H and O–H groups in total. The van der Waals surface area contributed by atoms with Gasteiger partial charge < -0.3 is 0 Å². The number of rotatable bonds is 2. The van der Waals surface area contributed by atoms with Crippen molar-refractivity contribution < 1.29 is 0 Å². The average Bonchev–Trinajstić information content (AvgIpc) is 2.76. The lowest BCUT2D eigenvalue weighted by Gasteiger charge is -1.98. The highest BCUT2D eigenvalue weighted by Gasteiger charge is 2.14. The third-order valence-corrected chi connectivity index (χ3v) is 3.18. The van der Waals surface area contributed by atoms with Gasteiger partial charge in [-0.15, -0.1) is 10.2 Å². The van der Waals surface area contributed by atoms with Crippen molar-refractivity contribution in [2.75, 3.05) is 0 Å². The highest BCUT2D eigenvalue weighted by molar-refractivity contribution is 6.29. The zero-order valence-corrected chi connectivity index (χ0v) is 11.4. The van der Waals surface area contributed by atoms with Crippen molar-refractivity contribution in [1.82, 2.24) is 20.0 Å². The lowest BCUT2D eigenvalue weighted by atomic mass is 10.1. The Labute approximate surface area is 119 Å². The zero-order valence-electron chi connectivity index (χ0n) is 10.7. The fourth-order valence-electron chi connectivity index (χ4n) is 2.08. The normalized spacial score (nSPS) is 10.7. The number of hydrogen-bond acceptors (Lipinski definition) is 3. The number of benzene rings is 1. The highest BCUT2D eigenvalue weighted by Crippen LogP contribution is 2.18. The van der Waals surface area contributed by atoms with Crippen LogP contribution in [-0.4, -0.2) is 20.0 Å². The average molecular weight is 287 g/mol. The number of nitrogens with one attached hydrogen (secondary N) is 1. The molecule has 0 saturated carbocycles. The Morgan fingerprint density at radius 1 is 1.10 bits per heavy atom. The molecule has 100 valence electrons. The van der Waals surface area contributed by atoms with E-state index in [0.717, 1.165) is 11.3 Å². The second-order valence-electron chi connectivity index (χ2n) is 4.33. The molecule has 1 aromatic carbocycles. The van der Waals surface area contributed by atoms with Gasteiger partial charge in [-0.3, -0.25) is 9.89 Å². The topological polar surface area (TPSA) is 63.6 Å². The molecule has 3 aromatic rings. The maximum absolute atomic E-state index is 12.5. The Morgan fingerprint density at radius 2 is 1.85 bits per heavy atom. The first-order chi connectivity index (χ1) is 9.66. The van der Waals surface area contributed by atoms with E-state index in [1.54, 1.807) is 12.1 Å². The van der Waals surface area contributed by atoms with E-state index in [2.05, 4.69) is 15.3 Å². The van der Waals surface area contributed by atoms with E-state index in [1.165, 1.54) is 4.68 Å². The summed E-state index contributed by atoms with van der Waals surface area (Å²) in [5.74, 6) is 0.407. The Bertz CT molecular complexity index is 790. The van der Waals surface area contributed by atoms with Gasteiger partial charge in [-0.2, -0.15) is 4.68 Å². The predicted octanol–water partition coefficient (Wildman–Crippen LogP) is 2.58. The summed E-state index contributed by atoms with van der Waals surface area (Å²) < 4.78 is 1.36. The zero-order chi connectivity index (χ0) is 14.1. The highest BCUT2D eigenvalue weighted by atomic mass is 35.5. The van der Waals surface area contributed by atoms with Crippen molar-refractivity contribution in [3.63, 3.8) is 0 Å². The summed E-state index contributed by atoms with van der Waals surface area (Å²) in [7, 11) is 0. The Kier molecular flexibility index (Phi) is 3.12. The SMILES string of the molecule is Cc1[nH]n(-c2ccc(Cl)nn2)c(=O)c1-c1ccccc1. The van der Waals surface area contributed by atoms with E-state index in [-0.39, 0.29) is 10.7 Å². The first-order valence-electron chi connectivity index (χ1n) is 6.03. The van der Waals surface area contributed by atoms with E-state index in [4.69, 9.17) is 11.6 Å². The van der Waals surface area contributed by atoms with Gasteiger partial charge in [-0.25, -0.2) is 0 Å². The van der Waals surface area contributed by atoms with Gasteiger partial charge in [0.2, 0.25) is 0 Å². The largest absolute Gasteiger partial charge is 0.293 e. The molecule has 0 aliphatic rings. The molecule has 0 atom stereocenters. The summed E-state index contributed by atoms with van der Waals surface area (Å²) in [4.78, 5) is 12.5. The van der Waals surface area contributed by atoms with E-state index in [9.17, 15) is 4.79 Å². The Balaban J connectivity index is 2.17. The monoisotopic (exact) mass is 286 g/mol. The summed E-state index contributed by atoms with van der Waals surface area (Å²) in [5, 5.41) is 10.9. The van der Waals surface area contributed by atoms with Crippen LogP contribution in [0, 0.1) is 6.92 Å². The molecule has 5 nitrogen and oxygen atoms in total. The van der Waals surface area contributed by atoms with Crippen LogP contribution < -0.4 is 5.56 Å². The molecule has 0 aliphatic carbocycles. The van der Waals surface area contributed by atoms with Crippen molar-refractivity contribution in [3.8, 4) is 16.9 Å². The maximum atomic E-state index is 12.5. The molecule has 6 heteroatoms. The fourth-order valence-corrected chi connectivity index (χ4v) is 2.18. The molecule has 0 aliphatic heterocycles. The summed E-state index contributed by atoms with van der Waals surface area (Å²) in [6, 6.07) is 12.7. The van der Waals surface area contributed by atoms with Crippen LogP contribution in [-0.2, 0) is 0 Å². The number of hydrogen-bond donors (Lipinski definition) is 1. The van der Waals surface area contributed by atoms with Crippen molar-refractivity contribution in [3.05, 3.63) is 63.7 Å². The van der Waals surface area contributed by atoms with Gasteiger partial charge in [0.1, 0.15) is 0 Å². The van der Waals surface area contributed by atoms with Gasteiger partial charge in [0.05, 0.1) is 5.56 Å². The molecule has 0 unspecified atom stereocenters. The molecule has 0 radical (unpaired) electrons. The number of H-pyrrole nitrogens is 1. The fraction of sp³-hybridized carbons (Fsp3) is 0.0714. The van der Waals surface area contributed by atoms with Crippen LogP contribution in [0.15, 0.2) is 47.3 Å². The van der Waals surface area contributed by atoms with Gasteiger partial charge >= 0.3 is 0 Å². The van der Waals surface area contributed by atoms with Gasteiger partial charge in [0, 0.05) is 5.69 Å². The van der Waals surface area contributed by atoms with Crippen LogP contribution in [0.4, 0.5) is 0 Å². The predicted molar refractivity (Wildman–Crippen MR) is 77.2 cm³/mol. The van der Waals surface area contributed by atoms with Crippen molar-refractivity contribution >= 4 is 11.6 Å². The smallest absolute Gasteiger partial charge is 0.280 e. The number of aryl methyl sites for hydroxylation is 1. The lowest BCUT2D eigenvalue weighted by molar-refractivity contribution is 0.782. The summed E-state index contributed by atoms with van der Waals surface area (Å²) in [5.41, 5.74) is 2.11. The van der Waals surface area contributed by atoms with Gasteiger partial charge in [0.25, 0.3) is 5.56 Å². The molecule has 0 bridgehead atoms. The molecule has 3 rings (SSSR count). The molecule has 0 fully saturated rings. The minimum atomic E-state index is -0.162. The second kappa shape index (κ2) is 4.94. The standard InChI is InChI=1S/C14H11ClN4O/c1-9-13(10-5-3-2-4-6-10)14(20)19(18-9)12-8-7-11(15)16-17-12/h2-8,18H,1H3. The first-order valence-corrected chi connectivity index (χ1v) is 6.41. The molecule has 0 spiro atoms. The minimum absolute atomic E-state index is 0.162. The van der Waals surface area contributed by atoms with Crippen molar-refractivity contribution in [2.24, 2.45) is 0 Å². The number of aromatic nitrogens is 4. The lowest BCUT2D eigenvalue weighted by Crippen LogP contribution is -2.17. The summed E-state index contributed by atoms with van der Waals surface area (Å²) in [6.45, 7) is 1.85. The van der Waals surface area contributed by atoms with E-state index >= 15 is 0 Å². The molecular weight excluding hydrogens is 276 g/mol. The molecule has 2 heterocycles. The van der Waals surface area contributed by atoms with Gasteiger partial charge in [-0.1, -0.05) is 41.9 Å². The third kappa shape index (κ3) is 2.12. The number of aromatic amines is 1. The molecule has 2 aromatic heterocycles. The van der Waals surface area contributed by atoms with Gasteiger partial charge in [-0.05, 0) is 24.6 Å². The third-order valence-electron chi connectivity index (χ3n) is 2.98. The Hall–Kier alpha value is -2.40. The quantitative estimate of drug-likeness (QED) is 0.787. The van der Waals surface area contributed by atoms with Gasteiger partial charge in [0.15, 0.2) is 11.0 Å². The van der Waals surface area contributed by atoms with Crippen molar-refractivity contribution in [2.45, 2.75) is 6.92 Å². The first kappa shape index (κ1) is 12.6. The van der Waals surface area contributed by atoms with E-state index in [1.807, 2.05) is 37.3 Å². The van der Waals surface area contributed by atoms with Crippen molar-refractivity contribution in [1.29, 1.82) is 0 Å².